The highest BCUT2D eigenvalue weighted by Gasteiger charge is 2.28. The molecule has 1 heterocycles. The van der Waals surface area contributed by atoms with Crippen LogP contribution in [-0.4, -0.2) is 50.3 Å². The fourth-order valence-electron chi connectivity index (χ4n) is 2.63. The van der Waals surface area contributed by atoms with Gasteiger partial charge in [-0.2, -0.15) is 5.26 Å². The minimum Gasteiger partial charge on any atom is -0.374 e. The van der Waals surface area contributed by atoms with Gasteiger partial charge in [-0.25, -0.2) is 0 Å². The number of nitrogens with zero attached hydrogens (tertiary/aromatic N) is 2. The van der Waals surface area contributed by atoms with Crippen LogP contribution in [-0.2, 0) is 4.74 Å². The third-order valence-corrected chi connectivity index (χ3v) is 3.63. The first-order valence-corrected chi connectivity index (χ1v) is 6.22. The highest BCUT2D eigenvalue weighted by atomic mass is 16.5. The van der Waals surface area contributed by atoms with Crippen molar-refractivity contribution in [3.63, 3.8) is 0 Å². The van der Waals surface area contributed by atoms with Crippen molar-refractivity contribution < 1.29 is 4.74 Å². The van der Waals surface area contributed by atoms with E-state index in [1.165, 1.54) is 6.42 Å². The molecular formula is C12H21N3O. The van der Waals surface area contributed by atoms with Gasteiger partial charge in [0.1, 0.15) is 0 Å². The van der Waals surface area contributed by atoms with Crippen molar-refractivity contribution in [2.75, 3.05) is 33.3 Å². The molecule has 4 nitrogen and oxygen atoms in total. The second-order valence-electron chi connectivity index (χ2n) is 4.94. The van der Waals surface area contributed by atoms with Crippen LogP contribution < -0.4 is 5.32 Å². The summed E-state index contributed by atoms with van der Waals surface area (Å²) in [5.74, 6) is 0.210. The topological polar surface area (TPSA) is 48.3 Å². The number of morpholine rings is 1. The smallest absolute Gasteiger partial charge is 0.0826 e. The lowest BCUT2D eigenvalue weighted by Crippen LogP contribution is -2.47. The number of hydrogen-bond acceptors (Lipinski definition) is 4. The molecule has 3 atom stereocenters. The van der Waals surface area contributed by atoms with Gasteiger partial charge in [0.25, 0.3) is 0 Å². The molecule has 0 aromatic carbocycles. The third-order valence-electron chi connectivity index (χ3n) is 3.63. The predicted octanol–water partition coefficient (Wildman–Crippen LogP) is 0.599. The maximum Gasteiger partial charge on any atom is 0.0826 e. The second-order valence-corrected chi connectivity index (χ2v) is 4.94. The molecule has 2 fully saturated rings. The largest absolute Gasteiger partial charge is 0.374 e. The summed E-state index contributed by atoms with van der Waals surface area (Å²) in [4.78, 5) is 2.30. The Kier molecular flexibility index (Phi) is 4.16. The van der Waals surface area contributed by atoms with Gasteiger partial charge in [0.05, 0.1) is 24.7 Å². The number of hydrogen-bond donors (Lipinski definition) is 1. The second kappa shape index (κ2) is 5.62. The average Bonchev–Trinajstić information content (AvgIpc) is 2.74. The fraction of sp³-hybridized carbons (Fsp3) is 0.917. The number of rotatable bonds is 3. The van der Waals surface area contributed by atoms with Gasteiger partial charge in [-0.05, 0) is 19.9 Å². The molecule has 2 aliphatic rings. The Morgan fingerprint density at radius 2 is 2.38 bits per heavy atom. The Bertz CT molecular complexity index is 263. The molecule has 90 valence electrons. The maximum absolute atomic E-state index is 8.99. The molecule has 2 rings (SSSR count). The summed E-state index contributed by atoms with van der Waals surface area (Å²) in [5.41, 5.74) is 0. The van der Waals surface area contributed by atoms with Crippen molar-refractivity contribution >= 4 is 0 Å². The summed E-state index contributed by atoms with van der Waals surface area (Å²) in [6.45, 7) is 3.74. The Balaban J connectivity index is 1.72. The van der Waals surface area contributed by atoms with Gasteiger partial charge in [0.15, 0.2) is 0 Å². The minimum atomic E-state index is 0.210. The van der Waals surface area contributed by atoms with Crippen LogP contribution in [0, 0.1) is 17.2 Å². The van der Waals surface area contributed by atoms with Gasteiger partial charge in [0, 0.05) is 25.7 Å². The zero-order valence-electron chi connectivity index (χ0n) is 9.98. The van der Waals surface area contributed by atoms with E-state index < -0.39 is 0 Å². The minimum absolute atomic E-state index is 0.210. The van der Waals surface area contributed by atoms with Crippen LogP contribution in [0.5, 0.6) is 0 Å². The van der Waals surface area contributed by atoms with Gasteiger partial charge >= 0.3 is 0 Å². The molecule has 1 aliphatic carbocycles. The highest BCUT2D eigenvalue weighted by molar-refractivity contribution is 4.96. The number of nitriles is 1. The first kappa shape index (κ1) is 11.8. The third kappa shape index (κ3) is 2.94. The molecule has 3 unspecified atom stereocenters. The quantitative estimate of drug-likeness (QED) is 0.761. The molecule has 0 spiro atoms. The van der Waals surface area contributed by atoms with Crippen molar-refractivity contribution in [3.8, 4) is 6.07 Å². The van der Waals surface area contributed by atoms with E-state index in [1.807, 2.05) is 0 Å². The molecule has 1 N–H and O–H groups in total. The van der Waals surface area contributed by atoms with E-state index in [-0.39, 0.29) is 5.92 Å². The van der Waals surface area contributed by atoms with Crippen molar-refractivity contribution in [1.82, 2.24) is 10.2 Å². The van der Waals surface area contributed by atoms with Crippen LogP contribution in [0.25, 0.3) is 0 Å². The van der Waals surface area contributed by atoms with E-state index >= 15 is 0 Å². The average molecular weight is 223 g/mol. The van der Waals surface area contributed by atoms with Gasteiger partial charge < -0.3 is 15.0 Å². The molecule has 1 saturated heterocycles. The zero-order valence-corrected chi connectivity index (χ0v) is 9.98. The lowest BCUT2D eigenvalue weighted by atomic mass is 10.1. The maximum atomic E-state index is 8.99. The lowest BCUT2D eigenvalue weighted by Gasteiger charge is -2.31. The Labute approximate surface area is 97.6 Å². The van der Waals surface area contributed by atoms with Gasteiger partial charge in [-0.1, -0.05) is 6.42 Å². The van der Waals surface area contributed by atoms with E-state index in [4.69, 9.17) is 10.00 Å². The molecule has 0 aromatic rings. The SMILES string of the molecule is CN1CCOC(CNC2CCCC2C#N)C1. The fourth-order valence-corrected chi connectivity index (χ4v) is 2.63. The lowest BCUT2D eigenvalue weighted by molar-refractivity contribution is -0.0194. The number of nitrogens with one attached hydrogen (secondary N) is 1. The van der Waals surface area contributed by atoms with Crippen LogP contribution in [0.4, 0.5) is 0 Å². The molecule has 0 radical (unpaired) electrons. The molecule has 1 saturated carbocycles. The van der Waals surface area contributed by atoms with Crippen molar-refractivity contribution in [1.29, 1.82) is 5.26 Å². The van der Waals surface area contributed by atoms with Crippen LogP contribution >= 0.6 is 0 Å². The summed E-state index contributed by atoms with van der Waals surface area (Å²) in [6.07, 6.45) is 3.67. The van der Waals surface area contributed by atoms with Gasteiger partial charge in [-0.15, -0.1) is 0 Å². The number of likely N-dealkylation sites (N-methyl/N-ethyl adjacent to an activating group) is 1. The summed E-state index contributed by atoms with van der Waals surface area (Å²) < 4.78 is 5.69. The van der Waals surface area contributed by atoms with Gasteiger partial charge in [-0.3, -0.25) is 0 Å². The standard InChI is InChI=1S/C12H21N3O/c1-15-5-6-16-11(9-15)8-14-12-4-2-3-10(12)7-13/h10-12,14H,2-6,8-9H2,1H3. The van der Waals surface area contributed by atoms with Crippen LogP contribution in [0.1, 0.15) is 19.3 Å². The number of ether oxygens (including phenoxy) is 1. The Hall–Kier alpha value is -0.630. The van der Waals surface area contributed by atoms with E-state index in [0.717, 1.165) is 39.1 Å². The summed E-state index contributed by atoms with van der Waals surface area (Å²) >= 11 is 0. The molecule has 0 bridgehead atoms. The van der Waals surface area contributed by atoms with Crippen molar-refractivity contribution in [2.24, 2.45) is 5.92 Å². The molecule has 4 heteroatoms. The van der Waals surface area contributed by atoms with Crippen LogP contribution in [0.3, 0.4) is 0 Å². The van der Waals surface area contributed by atoms with E-state index in [0.29, 0.717) is 12.1 Å². The Morgan fingerprint density at radius 1 is 1.50 bits per heavy atom. The van der Waals surface area contributed by atoms with Gasteiger partial charge in [0.2, 0.25) is 0 Å². The van der Waals surface area contributed by atoms with Crippen LogP contribution in [0.15, 0.2) is 0 Å². The highest BCUT2D eigenvalue weighted by Crippen LogP contribution is 2.24. The molecule has 1 aliphatic heterocycles. The summed E-state index contributed by atoms with van der Waals surface area (Å²) in [6, 6.07) is 2.79. The molecule has 0 aromatic heterocycles. The monoisotopic (exact) mass is 223 g/mol. The normalized spacial score (nSPS) is 36.1. The van der Waals surface area contributed by atoms with Crippen LogP contribution in [0.2, 0.25) is 0 Å². The van der Waals surface area contributed by atoms with Crippen molar-refractivity contribution in [2.45, 2.75) is 31.4 Å². The van der Waals surface area contributed by atoms with Crippen molar-refractivity contribution in [3.05, 3.63) is 0 Å². The summed E-state index contributed by atoms with van der Waals surface area (Å²) in [7, 11) is 2.13. The molecule has 0 amide bonds. The zero-order chi connectivity index (χ0) is 11.4. The predicted molar refractivity (Wildman–Crippen MR) is 62.0 cm³/mol. The van der Waals surface area contributed by atoms with E-state index in [2.05, 4.69) is 23.3 Å². The Morgan fingerprint density at radius 3 is 3.12 bits per heavy atom. The van der Waals surface area contributed by atoms with E-state index in [9.17, 15) is 0 Å². The molecule has 16 heavy (non-hydrogen) atoms. The first-order chi connectivity index (χ1) is 7.79. The molecular weight excluding hydrogens is 202 g/mol. The first-order valence-electron chi connectivity index (χ1n) is 6.22. The summed E-state index contributed by atoms with van der Waals surface area (Å²) in [5, 5.41) is 12.5. The van der Waals surface area contributed by atoms with E-state index in [1.54, 1.807) is 0 Å².